The van der Waals surface area contributed by atoms with Crippen LogP contribution in [0.5, 0.6) is 0 Å². The number of unbranched alkanes of at least 4 members (excludes halogenated alkanes) is 2. The second-order valence-corrected chi connectivity index (χ2v) is 9.46. The van der Waals surface area contributed by atoms with E-state index in [0.29, 0.717) is 26.1 Å². The number of hydrogen-bond acceptors (Lipinski definition) is 12. The lowest BCUT2D eigenvalue weighted by Gasteiger charge is -2.39. The number of rotatable bonds is 14. The molecule has 35 heavy (non-hydrogen) atoms. The summed E-state index contributed by atoms with van der Waals surface area (Å²) in [6.07, 6.45) is -8.37. The molecule has 6 N–H and O–H groups in total. The molecule has 0 aromatic rings. The van der Waals surface area contributed by atoms with E-state index in [9.17, 15) is 35.4 Å². The second kappa shape index (κ2) is 14.8. The van der Waals surface area contributed by atoms with Crippen molar-refractivity contribution in [2.45, 2.75) is 108 Å². The van der Waals surface area contributed by atoms with Crippen LogP contribution in [0, 0.1) is 0 Å². The van der Waals surface area contributed by atoms with Crippen LogP contribution < -0.4 is 0 Å². The molecule has 206 valence electrons. The number of aliphatic hydroxyl groups is 6. The number of carbonyl (C=O) groups excluding carboxylic acids is 1. The molecule has 0 amide bonds. The van der Waals surface area contributed by atoms with Crippen molar-refractivity contribution < 1.29 is 54.4 Å². The number of ketones is 1. The van der Waals surface area contributed by atoms with E-state index in [-0.39, 0.29) is 19.0 Å². The fourth-order valence-electron chi connectivity index (χ4n) is 4.12. The first-order valence-corrected chi connectivity index (χ1v) is 12.4. The fraction of sp³-hybridized carbons (Fsp3) is 0.957. The fourth-order valence-corrected chi connectivity index (χ4v) is 4.12. The van der Waals surface area contributed by atoms with Gasteiger partial charge in [-0.2, -0.15) is 0 Å². The standard InChI is InChI=1S/C23H43NO11/c1-13(25)7-5-4-6-8-24(9-11-32-22-20(30)18(28)16(26)14(2)34-22)10-12-33-23-21(31)19(29)17(27)15(3)35-23/h14-23,26-31H,4-12H2,1-3H3/t14-,15-,16+,17+,18+,19+,20-,21-,22+,23+/m0/s1. The summed E-state index contributed by atoms with van der Waals surface area (Å²) in [7, 11) is 0. The summed E-state index contributed by atoms with van der Waals surface area (Å²) >= 11 is 0. The normalized spacial score (nSPS) is 38.1. The van der Waals surface area contributed by atoms with Crippen molar-refractivity contribution >= 4 is 5.78 Å². The third-order valence-corrected chi connectivity index (χ3v) is 6.50. The van der Waals surface area contributed by atoms with Gasteiger partial charge in [0.05, 0.1) is 25.4 Å². The van der Waals surface area contributed by atoms with Gasteiger partial charge in [0.25, 0.3) is 0 Å². The molecule has 12 nitrogen and oxygen atoms in total. The van der Waals surface area contributed by atoms with E-state index in [1.54, 1.807) is 20.8 Å². The molecule has 10 atom stereocenters. The Kier molecular flexibility index (Phi) is 12.9. The zero-order valence-corrected chi connectivity index (χ0v) is 20.8. The molecule has 12 heteroatoms. The van der Waals surface area contributed by atoms with Gasteiger partial charge in [-0.25, -0.2) is 0 Å². The van der Waals surface area contributed by atoms with Crippen LogP contribution in [0.3, 0.4) is 0 Å². The van der Waals surface area contributed by atoms with Crippen LogP contribution in [-0.4, -0.2) is 136 Å². The van der Waals surface area contributed by atoms with E-state index < -0.39 is 61.4 Å². The van der Waals surface area contributed by atoms with Crippen LogP contribution in [0.1, 0.15) is 46.5 Å². The van der Waals surface area contributed by atoms with Crippen molar-refractivity contribution in [2.75, 3.05) is 32.8 Å². The number of Topliss-reactive ketones (excluding diaryl/α,β-unsaturated/α-hetero) is 1. The molecule has 0 spiro atoms. The van der Waals surface area contributed by atoms with Crippen molar-refractivity contribution in [3.05, 3.63) is 0 Å². The zero-order chi connectivity index (χ0) is 26.1. The predicted molar refractivity (Wildman–Crippen MR) is 122 cm³/mol. The van der Waals surface area contributed by atoms with Crippen molar-refractivity contribution in [3.63, 3.8) is 0 Å². The molecular weight excluding hydrogens is 466 g/mol. The molecule has 0 aliphatic carbocycles. The number of nitrogens with zero attached hydrogens (tertiary/aromatic N) is 1. The Labute approximate surface area is 206 Å². The maximum Gasteiger partial charge on any atom is 0.186 e. The molecule has 2 aliphatic heterocycles. The summed E-state index contributed by atoms with van der Waals surface area (Å²) in [6.45, 7) is 6.66. The summed E-state index contributed by atoms with van der Waals surface area (Å²) < 4.78 is 22.2. The molecule has 0 aromatic heterocycles. The third-order valence-electron chi connectivity index (χ3n) is 6.50. The number of carbonyl (C=O) groups is 1. The molecule has 0 saturated carbocycles. The quantitative estimate of drug-likeness (QED) is 0.144. The van der Waals surface area contributed by atoms with Crippen molar-refractivity contribution in [2.24, 2.45) is 0 Å². The molecule has 2 rings (SSSR count). The van der Waals surface area contributed by atoms with Crippen molar-refractivity contribution in [1.82, 2.24) is 4.90 Å². The van der Waals surface area contributed by atoms with Crippen LogP contribution in [-0.2, 0) is 23.7 Å². The monoisotopic (exact) mass is 509 g/mol. The van der Waals surface area contributed by atoms with Gasteiger partial charge < -0.3 is 54.4 Å². The Bertz CT molecular complexity index is 586. The summed E-state index contributed by atoms with van der Waals surface area (Å²) in [5.74, 6) is 0.156. The maximum atomic E-state index is 11.1. The highest BCUT2D eigenvalue weighted by Crippen LogP contribution is 2.23. The molecule has 2 heterocycles. The SMILES string of the molecule is CC(=O)CCCCCN(CCO[C@@H]1O[C@@H](C)[C@@H](O)[C@@H](O)[C@@H]1O)CCO[C@@H]1O[C@@H](C)[C@@H](O)[C@@H](O)[C@@H]1O. The zero-order valence-electron chi connectivity index (χ0n) is 20.8. The summed E-state index contributed by atoms with van der Waals surface area (Å²) in [5, 5.41) is 59.7. The van der Waals surface area contributed by atoms with Gasteiger partial charge in [0.1, 0.15) is 42.4 Å². The van der Waals surface area contributed by atoms with Crippen LogP contribution >= 0.6 is 0 Å². The molecule has 2 saturated heterocycles. The van der Waals surface area contributed by atoms with E-state index in [1.807, 2.05) is 4.90 Å². The molecule has 0 unspecified atom stereocenters. The molecular formula is C23H43NO11. The van der Waals surface area contributed by atoms with E-state index in [0.717, 1.165) is 19.3 Å². The highest BCUT2D eigenvalue weighted by Gasteiger charge is 2.43. The number of aliphatic hydroxyl groups excluding tert-OH is 6. The lowest BCUT2D eigenvalue weighted by molar-refractivity contribution is -0.295. The highest BCUT2D eigenvalue weighted by atomic mass is 16.7. The van der Waals surface area contributed by atoms with Gasteiger partial charge in [-0.05, 0) is 40.2 Å². The van der Waals surface area contributed by atoms with E-state index in [1.165, 1.54) is 0 Å². The van der Waals surface area contributed by atoms with Crippen LogP contribution in [0.4, 0.5) is 0 Å². The van der Waals surface area contributed by atoms with Gasteiger partial charge in [0.2, 0.25) is 0 Å². The second-order valence-electron chi connectivity index (χ2n) is 9.46. The van der Waals surface area contributed by atoms with Gasteiger partial charge in [-0.1, -0.05) is 6.42 Å². The Hall–Kier alpha value is -0.770. The largest absolute Gasteiger partial charge is 0.388 e. The number of hydrogen-bond donors (Lipinski definition) is 6. The van der Waals surface area contributed by atoms with Gasteiger partial charge in [0.15, 0.2) is 12.6 Å². The van der Waals surface area contributed by atoms with Crippen molar-refractivity contribution in [3.8, 4) is 0 Å². The van der Waals surface area contributed by atoms with Crippen molar-refractivity contribution in [1.29, 1.82) is 0 Å². The topological polar surface area (TPSA) is 179 Å². The average molecular weight is 510 g/mol. The first kappa shape index (κ1) is 30.5. The van der Waals surface area contributed by atoms with E-state index in [4.69, 9.17) is 18.9 Å². The molecule has 0 radical (unpaired) electrons. The van der Waals surface area contributed by atoms with E-state index in [2.05, 4.69) is 0 Å². The maximum absolute atomic E-state index is 11.1. The minimum absolute atomic E-state index is 0.156. The lowest BCUT2D eigenvalue weighted by Crippen LogP contribution is -2.57. The van der Waals surface area contributed by atoms with Gasteiger partial charge in [-0.15, -0.1) is 0 Å². The average Bonchev–Trinajstić information content (AvgIpc) is 2.81. The lowest BCUT2D eigenvalue weighted by atomic mass is 10.0. The minimum atomic E-state index is -1.38. The van der Waals surface area contributed by atoms with Gasteiger partial charge >= 0.3 is 0 Å². The van der Waals surface area contributed by atoms with Gasteiger partial charge in [-0.3, -0.25) is 4.90 Å². The molecule has 0 bridgehead atoms. The smallest absolute Gasteiger partial charge is 0.186 e. The summed E-state index contributed by atoms with van der Waals surface area (Å²) in [6, 6.07) is 0. The Morgan fingerprint density at radius 3 is 1.57 bits per heavy atom. The number of ether oxygens (including phenoxy) is 4. The molecule has 2 aliphatic rings. The summed E-state index contributed by atoms with van der Waals surface area (Å²) in [5.41, 5.74) is 0. The van der Waals surface area contributed by atoms with E-state index >= 15 is 0 Å². The predicted octanol–water partition coefficient (Wildman–Crippen LogP) is -1.87. The van der Waals surface area contributed by atoms with Crippen LogP contribution in [0.15, 0.2) is 0 Å². The van der Waals surface area contributed by atoms with Gasteiger partial charge in [0, 0.05) is 19.5 Å². The minimum Gasteiger partial charge on any atom is -0.388 e. The first-order chi connectivity index (χ1) is 16.5. The Morgan fingerprint density at radius 1 is 0.686 bits per heavy atom. The van der Waals surface area contributed by atoms with Crippen LogP contribution in [0.2, 0.25) is 0 Å². The molecule has 2 fully saturated rings. The Balaban J connectivity index is 1.82. The third kappa shape index (κ3) is 9.24. The molecule has 0 aromatic carbocycles. The first-order valence-electron chi connectivity index (χ1n) is 12.4. The Morgan fingerprint density at radius 2 is 1.14 bits per heavy atom. The van der Waals surface area contributed by atoms with Crippen LogP contribution in [0.25, 0.3) is 0 Å². The summed E-state index contributed by atoms with van der Waals surface area (Å²) in [4.78, 5) is 13.2. The highest BCUT2D eigenvalue weighted by molar-refractivity contribution is 5.75.